The van der Waals surface area contributed by atoms with E-state index < -0.39 is 10.0 Å². The first kappa shape index (κ1) is 14.3. The van der Waals surface area contributed by atoms with Crippen LogP contribution in [0.3, 0.4) is 0 Å². The van der Waals surface area contributed by atoms with E-state index in [1.165, 1.54) is 6.20 Å². The van der Waals surface area contributed by atoms with Crippen molar-refractivity contribution in [3.8, 4) is 0 Å². The molecule has 2 atom stereocenters. The van der Waals surface area contributed by atoms with Crippen molar-refractivity contribution in [3.63, 3.8) is 0 Å². The standard InChI is InChI=1S/C13H21N3O2S/c1-3-5-15-12-4-6-14-9-13(12)19(17,18)16-8-11-7-10(11)2/h4,6,9-11,16H,3,5,7-8H2,1-2H3,(H,14,15). The van der Waals surface area contributed by atoms with Gasteiger partial charge >= 0.3 is 0 Å². The Kier molecular flexibility index (Phi) is 4.42. The van der Waals surface area contributed by atoms with Crippen molar-refractivity contribution in [2.45, 2.75) is 31.6 Å². The minimum atomic E-state index is -3.47. The van der Waals surface area contributed by atoms with Crippen molar-refractivity contribution in [1.29, 1.82) is 0 Å². The SMILES string of the molecule is CCCNc1ccncc1S(=O)(=O)NCC1CC1C. The predicted molar refractivity (Wildman–Crippen MR) is 75.5 cm³/mol. The summed E-state index contributed by atoms with van der Waals surface area (Å²) in [7, 11) is -3.47. The highest BCUT2D eigenvalue weighted by Gasteiger charge is 2.33. The summed E-state index contributed by atoms with van der Waals surface area (Å²) < 4.78 is 27.2. The molecule has 1 saturated carbocycles. The highest BCUT2D eigenvalue weighted by Crippen LogP contribution is 2.37. The van der Waals surface area contributed by atoms with E-state index >= 15 is 0 Å². The van der Waals surface area contributed by atoms with E-state index in [1.54, 1.807) is 12.3 Å². The molecule has 0 spiro atoms. The largest absolute Gasteiger partial charge is 0.384 e. The first-order chi connectivity index (χ1) is 9.04. The van der Waals surface area contributed by atoms with Gasteiger partial charge in [-0.25, -0.2) is 13.1 Å². The van der Waals surface area contributed by atoms with Gasteiger partial charge in [-0.2, -0.15) is 0 Å². The van der Waals surface area contributed by atoms with Gasteiger partial charge in [-0.05, 0) is 30.7 Å². The third-order valence-corrected chi connectivity index (χ3v) is 4.90. The molecule has 19 heavy (non-hydrogen) atoms. The van der Waals surface area contributed by atoms with Crippen molar-refractivity contribution < 1.29 is 8.42 Å². The number of nitrogens with zero attached hydrogens (tertiary/aromatic N) is 1. The van der Waals surface area contributed by atoms with Gasteiger partial charge in [-0.15, -0.1) is 0 Å². The maximum Gasteiger partial charge on any atom is 0.244 e. The Labute approximate surface area is 114 Å². The Hall–Kier alpha value is -1.14. The van der Waals surface area contributed by atoms with Crippen LogP contribution in [0.25, 0.3) is 0 Å². The number of aromatic nitrogens is 1. The second-order valence-electron chi connectivity index (χ2n) is 5.12. The summed E-state index contributed by atoms with van der Waals surface area (Å²) in [6, 6.07) is 1.70. The van der Waals surface area contributed by atoms with Gasteiger partial charge in [0.1, 0.15) is 4.90 Å². The third-order valence-electron chi connectivity index (χ3n) is 3.45. The fourth-order valence-electron chi connectivity index (χ4n) is 1.98. The lowest BCUT2D eigenvalue weighted by Crippen LogP contribution is -2.27. The Balaban J connectivity index is 2.09. The molecule has 5 nitrogen and oxygen atoms in total. The maximum atomic E-state index is 12.3. The Bertz CT molecular complexity index is 530. The van der Waals surface area contributed by atoms with Gasteiger partial charge in [-0.1, -0.05) is 13.8 Å². The maximum absolute atomic E-state index is 12.3. The first-order valence-electron chi connectivity index (χ1n) is 6.72. The van der Waals surface area contributed by atoms with Crippen LogP contribution in [0.15, 0.2) is 23.4 Å². The number of hydrogen-bond donors (Lipinski definition) is 2. The predicted octanol–water partition coefficient (Wildman–Crippen LogP) is 1.84. The molecule has 0 radical (unpaired) electrons. The van der Waals surface area contributed by atoms with Crippen molar-refractivity contribution >= 4 is 15.7 Å². The van der Waals surface area contributed by atoms with Crippen LogP contribution in [0.1, 0.15) is 26.7 Å². The summed E-state index contributed by atoms with van der Waals surface area (Å²) in [5, 5.41) is 3.12. The highest BCUT2D eigenvalue weighted by molar-refractivity contribution is 7.89. The van der Waals surface area contributed by atoms with Crippen molar-refractivity contribution in [3.05, 3.63) is 18.5 Å². The van der Waals surface area contributed by atoms with Crippen LogP contribution in [0.5, 0.6) is 0 Å². The van der Waals surface area contributed by atoms with E-state index in [4.69, 9.17) is 0 Å². The topological polar surface area (TPSA) is 71.1 Å². The van der Waals surface area contributed by atoms with E-state index in [2.05, 4.69) is 21.9 Å². The van der Waals surface area contributed by atoms with Gasteiger partial charge in [0.15, 0.2) is 0 Å². The molecule has 2 unspecified atom stereocenters. The van der Waals surface area contributed by atoms with Crippen LogP contribution in [-0.4, -0.2) is 26.5 Å². The van der Waals surface area contributed by atoms with E-state index in [0.29, 0.717) is 24.1 Å². The molecule has 1 aliphatic carbocycles. The number of sulfonamides is 1. The number of rotatable bonds is 7. The second kappa shape index (κ2) is 5.88. The quantitative estimate of drug-likeness (QED) is 0.801. The van der Waals surface area contributed by atoms with Crippen molar-refractivity contribution in [1.82, 2.24) is 9.71 Å². The van der Waals surface area contributed by atoms with Gasteiger partial charge in [0, 0.05) is 25.5 Å². The van der Waals surface area contributed by atoms with Crippen LogP contribution in [0.4, 0.5) is 5.69 Å². The Morgan fingerprint density at radius 1 is 1.47 bits per heavy atom. The summed E-state index contributed by atoms with van der Waals surface area (Å²) in [6.07, 6.45) is 5.04. The lowest BCUT2D eigenvalue weighted by molar-refractivity contribution is 0.574. The van der Waals surface area contributed by atoms with E-state index in [-0.39, 0.29) is 4.90 Å². The molecular formula is C13H21N3O2S. The number of hydrogen-bond acceptors (Lipinski definition) is 4. The van der Waals surface area contributed by atoms with Gasteiger partial charge in [-0.3, -0.25) is 4.98 Å². The van der Waals surface area contributed by atoms with Crippen LogP contribution < -0.4 is 10.0 Å². The lowest BCUT2D eigenvalue weighted by Gasteiger charge is -2.12. The lowest BCUT2D eigenvalue weighted by atomic mass is 10.3. The molecule has 6 heteroatoms. The van der Waals surface area contributed by atoms with E-state index in [9.17, 15) is 8.42 Å². The van der Waals surface area contributed by atoms with E-state index in [1.807, 2.05) is 6.92 Å². The summed E-state index contributed by atoms with van der Waals surface area (Å²) in [5.41, 5.74) is 0.619. The summed E-state index contributed by atoms with van der Waals surface area (Å²) in [5.74, 6) is 1.12. The molecule has 1 aliphatic rings. The minimum absolute atomic E-state index is 0.233. The van der Waals surface area contributed by atoms with Gasteiger partial charge in [0.2, 0.25) is 10.0 Å². The van der Waals surface area contributed by atoms with Crippen LogP contribution >= 0.6 is 0 Å². The van der Waals surface area contributed by atoms with Crippen molar-refractivity contribution in [2.75, 3.05) is 18.4 Å². The molecule has 106 valence electrons. The smallest absolute Gasteiger partial charge is 0.244 e. The molecule has 0 saturated heterocycles. The normalized spacial score (nSPS) is 22.2. The summed E-state index contributed by atoms with van der Waals surface area (Å²) in [6.45, 7) is 5.43. The number of nitrogens with one attached hydrogen (secondary N) is 2. The fourth-order valence-corrected chi connectivity index (χ4v) is 3.20. The molecule has 0 amide bonds. The fraction of sp³-hybridized carbons (Fsp3) is 0.615. The second-order valence-corrected chi connectivity index (χ2v) is 6.86. The summed E-state index contributed by atoms with van der Waals surface area (Å²) >= 11 is 0. The summed E-state index contributed by atoms with van der Waals surface area (Å²) in [4.78, 5) is 4.15. The molecule has 1 heterocycles. The number of anilines is 1. The molecule has 1 aromatic heterocycles. The molecule has 1 aromatic rings. The zero-order valence-electron chi connectivity index (χ0n) is 11.4. The van der Waals surface area contributed by atoms with Crippen LogP contribution in [-0.2, 0) is 10.0 Å². The monoisotopic (exact) mass is 283 g/mol. The van der Waals surface area contributed by atoms with E-state index in [0.717, 1.165) is 19.4 Å². The molecule has 1 fully saturated rings. The minimum Gasteiger partial charge on any atom is -0.384 e. The zero-order chi connectivity index (χ0) is 13.9. The Morgan fingerprint density at radius 2 is 2.21 bits per heavy atom. The third kappa shape index (κ3) is 3.67. The molecule has 0 aliphatic heterocycles. The first-order valence-corrected chi connectivity index (χ1v) is 8.20. The van der Waals surface area contributed by atoms with Crippen molar-refractivity contribution in [2.24, 2.45) is 11.8 Å². The van der Waals surface area contributed by atoms with Crippen LogP contribution in [0.2, 0.25) is 0 Å². The van der Waals surface area contributed by atoms with Gasteiger partial charge in [0.05, 0.1) is 5.69 Å². The molecule has 2 N–H and O–H groups in total. The molecular weight excluding hydrogens is 262 g/mol. The van der Waals surface area contributed by atoms with Gasteiger partial charge in [0.25, 0.3) is 0 Å². The number of pyridine rings is 1. The average Bonchev–Trinajstić information content (AvgIpc) is 3.10. The molecule has 0 bridgehead atoms. The zero-order valence-corrected chi connectivity index (χ0v) is 12.2. The Morgan fingerprint density at radius 3 is 2.84 bits per heavy atom. The highest BCUT2D eigenvalue weighted by atomic mass is 32.2. The molecule has 2 rings (SSSR count). The van der Waals surface area contributed by atoms with Gasteiger partial charge < -0.3 is 5.32 Å². The molecule has 0 aromatic carbocycles. The van der Waals surface area contributed by atoms with Crippen LogP contribution in [0, 0.1) is 11.8 Å². The average molecular weight is 283 g/mol.